The average molecular weight is 563 g/mol. The third-order valence-electron chi connectivity index (χ3n) is 7.64. The molecule has 1 aliphatic rings. The van der Waals surface area contributed by atoms with E-state index < -0.39 is 18.0 Å². The van der Waals surface area contributed by atoms with Gasteiger partial charge in [-0.05, 0) is 47.0 Å². The predicted octanol–water partition coefficient (Wildman–Crippen LogP) is 4.23. The van der Waals surface area contributed by atoms with Gasteiger partial charge in [0.1, 0.15) is 12.1 Å². The Labute approximate surface area is 244 Å². The van der Waals surface area contributed by atoms with Crippen LogP contribution < -0.4 is 16.4 Å². The summed E-state index contributed by atoms with van der Waals surface area (Å²) in [5, 5.41) is 7.79. The molecule has 4 aromatic rings. The van der Waals surface area contributed by atoms with Gasteiger partial charge in [0.05, 0.1) is 0 Å². The number of nitrogens with zero attached hydrogens (tertiary/aromatic N) is 1. The van der Waals surface area contributed by atoms with Crippen LogP contribution in [0.25, 0.3) is 10.8 Å². The summed E-state index contributed by atoms with van der Waals surface area (Å²) in [6.07, 6.45) is 0.559. The van der Waals surface area contributed by atoms with Gasteiger partial charge in [0.2, 0.25) is 17.7 Å². The first-order chi connectivity index (χ1) is 20.4. The van der Waals surface area contributed by atoms with E-state index in [2.05, 4.69) is 10.6 Å². The zero-order valence-corrected chi connectivity index (χ0v) is 23.3. The topological polar surface area (TPSA) is 122 Å². The van der Waals surface area contributed by atoms with Crippen molar-refractivity contribution in [2.45, 2.75) is 44.3 Å². The number of ketones is 1. The Hall–Kier alpha value is -4.82. The number of benzene rings is 4. The van der Waals surface area contributed by atoms with Gasteiger partial charge in [0, 0.05) is 37.1 Å². The third-order valence-corrected chi connectivity index (χ3v) is 7.64. The van der Waals surface area contributed by atoms with Crippen LogP contribution in [0.5, 0.6) is 0 Å². The van der Waals surface area contributed by atoms with Crippen molar-refractivity contribution in [3.05, 3.63) is 114 Å². The number of rotatable bonds is 10. The standard InChI is InChI=1S/C34H34N4O4/c35-19-18-29(33(41)36-28-15-14-23-8-4-5-11-25(23)20-28)37-34(42)30-21-26-12-6-7-13-27(26)22-38(30)32(40)17-16-31(39)24-9-2-1-3-10-24/h1-15,20,29-30H,16-19,21-22,35H2,(H,36,41)(H,37,42)/t29-,30-/m0/s1. The number of hydrogen-bond donors (Lipinski definition) is 3. The Morgan fingerprint density at radius 3 is 2.26 bits per heavy atom. The molecule has 0 saturated carbocycles. The highest BCUT2D eigenvalue weighted by Gasteiger charge is 2.36. The molecule has 0 aliphatic carbocycles. The second-order valence-corrected chi connectivity index (χ2v) is 10.5. The van der Waals surface area contributed by atoms with Crippen LogP contribution in [0.1, 0.15) is 40.7 Å². The van der Waals surface area contributed by atoms with Crippen molar-refractivity contribution in [1.29, 1.82) is 0 Å². The Morgan fingerprint density at radius 1 is 0.810 bits per heavy atom. The fraction of sp³-hybridized carbons (Fsp3) is 0.235. The van der Waals surface area contributed by atoms with Crippen molar-refractivity contribution < 1.29 is 19.2 Å². The lowest BCUT2D eigenvalue weighted by atomic mass is 9.92. The molecule has 0 radical (unpaired) electrons. The maximum absolute atomic E-state index is 13.7. The van der Waals surface area contributed by atoms with Crippen molar-refractivity contribution in [3.8, 4) is 0 Å². The van der Waals surface area contributed by atoms with Gasteiger partial charge in [0.15, 0.2) is 5.78 Å². The van der Waals surface area contributed by atoms with Gasteiger partial charge < -0.3 is 21.3 Å². The molecule has 4 aromatic carbocycles. The van der Waals surface area contributed by atoms with E-state index in [9.17, 15) is 19.2 Å². The van der Waals surface area contributed by atoms with Crippen LogP contribution in [0.2, 0.25) is 0 Å². The molecule has 3 amide bonds. The largest absolute Gasteiger partial charge is 0.342 e. The van der Waals surface area contributed by atoms with E-state index in [1.54, 1.807) is 24.3 Å². The van der Waals surface area contributed by atoms with E-state index in [0.717, 1.165) is 21.9 Å². The number of carbonyl (C=O) groups is 4. The number of amides is 3. The Morgan fingerprint density at radius 2 is 1.50 bits per heavy atom. The van der Waals surface area contributed by atoms with Crippen molar-refractivity contribution >= 4 is 40.0 Å². The summed E-state index contributed by atoms with van der Waals surface area (Å²) in [6.45, 7) is 0.436. The molecular weight excluding hydrogens is 528 g/mol. The molecule has 0 spiro atoms. The zero-order chi connectivity index (χ0) is 29.5. The lowest BCUT2D eigenvalue weighted by Gasteiger charge is -2.36. The molecule has 2 atom stereocenters. The maximum Gasteiger partial charge on any atom is 0.246 e. The Kier molecular flexibility index (Phi) is 9.04. The number of Topliss-reactive ketones (excluding diaryl/α,β-unsaturated/α-hetero) is 1. The first kappa shape index (κ1) is 28.7. The van der Waals surface area contributed by atoms with Crippen molar-refractivity contribution in [3.63, 3.8) is 0 Å². The van der Waals surface area contributed by atoms with Crippen molar-refractivity contribution in [1.82, 2.24) is 10.2 Å². The van der Waals surface area contributed by atoms with Gasteiger partial charge in [-0.1, -0.05) is 84.9 Å². The molecule has 1 heterocycles. The van der Waals surface area contributed by atoms with Crippen LogP contribution in [-0.4, -0.2) is 47.0 Å². The van der Waals surface area contributed by atoms with Gasteiger partial charge in [-0.2, -0.15) is 0 Å². The Balaban J connectivity index is 1.30. The summed E-state index contributed by atoms with van der Waals surface area (Å²) >= 11 is 0. The molecule has 0 unspecified atom stereocenters. The molecule has 8 heteroatoms. The fourth-order valence-corrected chi connectivity index (χ4v) is 5.35. The highest BCUT2D eigenvalue weighted by atomic mass is 16.2. The second kappa shape index (κ2) is 13.2. The number of hydrogen-bond acceptors (Lipinski definition) is 5. The summed E-state index contributed by atoms with van der Waals surface area (Å²) in [6, 6.07) is 28.3. The highest BCUT2D eigenvalue weighted by molar-refractivity contribution is 6.01. The van der Waals surface area contributed by atoms with Crippen molar-refractivity contribution in [2.75, 3.05) is 11.9 Å². The number of anilines is 1. The number of fused-ring (bicyclic) bond motifs is 2. The fourth-order valence-electron chi connectivity index (χ4n) is 5.35. The minimum atomic E-state index is -0.886. The van der Waals surface area contributed by atoms with Crippen molar-refractivity contribution in [2.24, 2.45) is 5.73 Å². The predicted molar refractivity (Wildman–Crippen MR) is 163 cm³/mol. The van der Waals surface area contributed by atoms with E-state index in [-0.39, 0.29) is 49.9 Å². The molecule has 8 nitrogen and oxygen atoms in total. The monoisotopic (exact) mass is 562 g/mol. The second-order valence-electron chi connectivity index (χ2n) is 10.5. The summed E-state index contributed by atoms with van der Waals surface area (Å²) in [7, 11) is 0. The van der Waals surface area contributed by atoms with E-state index in [4.69, 9.17) is 5.73 Å². The Bertz CT molecular complexity index is 1600. The van der Waals surface area contributed by atoms with Crippen LogP contribution >= 0.6 is 0 Å². The first-order valence-corrected chi connectivity index (χ1v) is 14.2. The van der Waals surface area contributed by atoms with Gasteiger partial charge in [-0.3, -0.25) is 19.2 Å². The zero-order valence-electron chi connectivity index (χ0n) is 23.3. The van der Waals surface area contributed by atoms with Crippen LogP contribution in [0, 0.1) is 0 Å². The van der Waals surface area contributed by atoms with E-state index in [0.29, 0.717) is 17.7 Å². The van der Waals surface area contributed by atoms with Gasteiger partial charge in [0.25, 0.3) is 0 Å². The molecular formula is C34H34N4O4. The van der Waals surface area contributed by atoms with Crippen LogP contribution in [0.4, 0.5) is 5.69 Å². The van der Waals surface area contributed by atoms with Crippen LogP contribution in [0.3, 0.4) is 0 Å². The van der Waals surface area contributed by atoms with Gasteiger partial charge >= 0.3 is 0 Å². The molecule has 1 aliphatic heterocycles. The molecule has 214 valence electrons. The van der Waals surface area contributed by atoms with Gasteiger partial charge in [-0.15, -0.1) is 0 Å². The smallest absolute Gasteiger partial charge is 0.246 e. The molecule has 42 heavy (non-hydrogen) atoms. The highest BCUT2D eigenvalue weighted by Crippen LogP contribution is 2.25. The SMILES string of the molecule is NCC[C@H](NC(=O)[C@@H]1Cc2ccccc2CN1C(=O)CCC(=O)c1ccccc1)C(=O)Nc1ccc2ccccc2c1. The molecule has 5 rings (SSSR count). The van der Waals surface area contributed by atoms with Crippen LogP contribution in [0.15, 0.2) is 97.1 Å². The van der Waals surface area contributed by atoms with Crippen LogP contribution in [-0.2, 0) is 27.3 Å². The first-order valence-electron chi connectivity index (χ1n) is 14.2. The summed E-state index contributed by atoms with van der Waals surface area (Å²) < 4.78 is 0. The van der Waals surface area contributed by atoms with Gasteiger partial charge in [-0.25, -0.2) is 0 Å². The average Bonchev–Trinajstić information content (AvgIpc) is 3.02. The number of nitrogens with one attached hydrogen (secondary N) is 2. The normalized spacial score (nSPS) is 15.0. The minimum absolute atomic E-state index is 0.0195. The molecule has 0 fully saturated rings. The molecule has 4 N–H and O–H groups in total. The summed E-state index contributed by atoms with van der Waals surface area (Å²) in [4.78, 5) is 54.6. The molecule has 0 aromatic heterocycles. The minimum Gasteiger partial charge on any atom is -0.342 e. The summed E-state index contributed by atoms with van der Waals surface area (Å²) in [5.41, 5.74) is 8.90. The maximum atomic E-state index is 13.7. The molecule has 0 saturated heterocycles. The van der Waals surface area contributed by atoms with E-state index >= 15 is 0 Å². The third kappa shape index (κ3) is 6.72. The number of carbonyl (C=O) groups excluding carboxylic acids is 4. The molecule has 0 bridgehead atoms. The van der Waals surface area contributed by atoms with E-state index in [1.165, 1.54) is 4.90 Å². The number of nitrogens with two attached hydrogens (primary N) is 1. The van der Waals surface area contributed by atoms with E-state index in [1.807, 2.05) is 72.8 Å². The lowest BCUT2D eigenvalue weighted by Crippen LogP contribution is -2.56. The quantitative estimate of drug-likeness (QED) is 0.250. The lowest BCUT2D eigenvalue weighted by molar-refractivity contribution is -0.142. The summed E-state index contributed by atoms with van der Waals surface area (Å²) in [5.74, 6) is -1.23.